The molecule has 1 heteroatoms. The van der Waals surface area contributed by atoms with E-state index in [1.165, 1.54) is 62.8 Å². The van der Waals surface area contributed by atoms with Gasteiger partial charge in [-0.2, -0.15) is 0 Å². The van der Waals surface area contributed by atoms with Gasteiger partial charge in [0.2, 0.25) is 0 Å². The zero-order chi connectivity index (χ0) is 17.3. The fourth-order valence-electron chi connectivity index (χ4n) is 3.31. The molecule has 0 N–H and O–H groups in total. The highest BCUT2D eigenvalue weighted by Crippen LogP contribution is 2.36. The Morgan fingerprint density at radius 2 is 1.50 bits per heavy atom. The normalized spacial score (nSPS) is 12.2. The van der Waals surface area contributed by atoms with E-state index in [0.29, 0.717) is 0 Å². The van der Waals surface area contributed by atoms with Gasteiger partial charge in [0.15, 0.2) is 0 Å². The summed E-state index contributed by atoms with van der Waals surface area (Å²) < 4.78 is 1.23. The largest absolute Gasteiger partial charge is 0.0654 e. The summed E-state index contributed by atoms with van der Waals surface area (Å²) >= 11 is 3.90. The zero-order valence-corrected chi connectivity index (χ0v) is 16.8. The second-order valence-corrected chi connectivity index (χ2v) is 8.68. The fraction of sp³-hybridized carbons (Fsp3) is 0.391. The number of halogens is 1. The minimum atomic E-state index is 0.171. The second kappa shape index (κ2) is 6.88. The average molecular weight is 383 g/mol. The number of hydrogen-bond acceptors (Lipinski definition) is 0. The molecule has 0 unspecified atom stereocenters. The minimum Gasteiger partial charge on any atom is -0.0654 e. The zero-order valence-electron chi connectivity index (χ0n) is 15.2. The van der Waals surface area contributed by atoms with Crippen molar-refractivity contribution in [2.24, 2.45) is 0 Å². The van der Waals surface area contributed by atoms with E-state index in [0.717, 1.165) is 0 Å². The summed E-state index contributed by atoms with van der Waals surface area (Å²) in [5.41, 5.74) is 3.00. The van der Waals surface area contributed by atoms with Gasteiger partial charge in [0.25, 0.3) is 0 Å². The van der Waals surface area contributed by atoms with Crippen LogP contribution in [0, 0.1) is 0 Å². The van der Waals surface area contributed by atoms with Crippen molar-refractivity contribution in [2.45, 2.75) is 58.8 Å². The number of benzene rings is 3. The Morgan fingerprint density at radius 3 is 2.17 bits per heavy atom. The van der Waals surface area contributed by atoms with Crippen molar-refractivity contribution in [3.8, 4) is 0 Å². The van der Waals surface area contributed by atoms with Gasteiger partial charge in [-0.05, 0) is 79.0 Å². The molecule has 3 aromatic carbocycles. The molecule has 126 valence electrons. The molecule has 0 spiro atoms. The van der Waals surface area contributed by atoms with Crippen molar-refractivity contribution in [3.63, 3.8) is 0 Å². The molecule has 0 atom stereocenters. The van der Waals surface area contributed by atoms with E-state index >= 15 is 0 Å². The molecule has 3 aromatic rings. The molecule has 0 bridgehead atoms. The van der Waals surface area contributed by atoms with Crippen LogP contribution < -0.4 is 0 Å². The molecule has 0 radical (unpaired) electrons. The maximum absolute atomic E-state index is 3.90. The molecule has 0 amide bonds. The van der Waals surface area contributed by atoms with Crippen LogP contribution in [0.5, 0.6) is 0 Å². The van der Waals surface area contributed by atoms with E-state index in [-0.39, 0.29) is 5.41 Å². The van der Waals surface area contributed by atoms with Crippen molar-refractivity contribution < 1.29 is 0 Å². The quantitative estimate of drug-likeness (QED) is 0.319. The van der Waals surface area contributed by atoms with Crippen LogP contribution in [-0.2, 0) is 11.8 Å². The predicted octanol–water partition coefficient (Wildman–Crippen LogP) is 7.79. The molecule has 0 saturated carbocycles. The summed E-state index contributed by atoms with van der Waals surface area (Å²) in [6.45, 7) is 9.08. The molecule has 0 aliphatic rings. The Bertz CT molecular complexity index is 868. The first kappa shape index (κ1) is 17.5. The van der Waals surface area contributed by atoms with E-state index in [1.807, 2.05) is 0 Å². The summed E-state index contributed by atoms with van der Waals surface area (Å²) in [6, 6.07) is 16.1. The van der Waals surface area contributed by atoms with Gasteiger partial charge in [-0.3, -0.25) is 0 Å². The lowest BCUT2D eigenvalue weighted by molar-refractivity contribution is 0.591. The number of aryl methyl sites for hydroxylation is 1. The molecular formula is C23H27Br. The van der Waals surface area contributed by atoms with Gasteiger partial charge < -0.3 is 0 Å². The maximum atomic E-state index is 3.90. The van der Waals surface area contributed by atoms with Gasteiger partial charge in [-0.1, -0.05) is 70.9 Å². The van der Waals surface area contributed by atoms with Crippen molar-refractivity contribution in [2.75, 3.05) is 0 Å². The molecule has 24 heavy (non-hydrogen) atoms. The van der Waals surface area contributed by atoms with Crippen LogP contribution in [0.1, 0.15) is 58.1 Å². The molecule has 0 aliphatic heterocycles. The molecule has 0 aromatic heterocycles. The molecule has 0 aliphatic carbocycles. The molecule has 0 fully saturated rings. The first-order chi connectivity index (χ1) is 11.4. The van der Waals surface area contributed by atoms with E-state index in [2.05, 4.69) is 86.1 Å². The Hall–Kier alpha value is -1.34. The monoisotopic (exact) mass is 382 g/mol. The van der Waals surface area contributed by atoms with Crippen molar-refractivity contribution in [1.82, 2.24) is 0 Å². The van der Waals surface area contributed by atoms with Gasteiger partial charge in [0.05, 0.1) is 0 Å². The first-order valence-corrected chi connectivity index (χ1v) is 9.85. The van der Waals surface area contributed by atoms with Crippen LogP contribution in [0.4, 0.5) is 0 Å². The highest BCUT2D eigenvalue weighted by Gasteiger charge is 2.15. The smallest absolute Gasteiger partial charge is 0.0332 e. The number of rotatable bonds is 4. The van der Waals surface area contributed by atoms with Crippen LogP contribution in [0.15, 0.2) is 46.9 Å². The van der Waals surface area contributed by atoms with E-state index in [1.54, 1.807) is 0 Å². The Labute approximate surface area is 154 Å². The number of unbranched alkanes of at least 4 members (excludes halogenated alkanes) is 2. The van der Waals surface area contributed by atoms with Crippen LogP contribution in [-0.4, -0.2) is 0 Å². The van der Waals surface area contributed by atoms with Crippen LogP contribution in [0.2, 0.25) is 0 Å². The fourth-order valence-corrected chi connectivity index (χ4v) is 3.99. The number of fused-ring (bicyclic) bond motifs is 2. The first-order valence-electron chi connectivity index (χ1n) is 9.05. The second-order valence-electron chi connectivity index (χ2n) is 7.89. The minimum absolute atomic E-state index is 0.171. The topological polar surface area (TPSA) is 0 Å². The lowest BCUT2D eigenvalue weighted by Gasteiger charge is -2.20. The third kappa shape index (κ3) is 3.52. The van der Waals surface area contributed by atoms with Crippen molar-refractivity contribution >= 4 is 37.5 Å². The predicted molar refractivity (Wildman–Crippen MR) is 111 cm³/mol. The summed E-state index contributed by atoms with van der Waals surface area (Å²) in [5, 5.41) is 5.28. The van der Waals surface area contributed by atoms with Crippen LogP contribution >= 0.6 is 15.9 Å². The van der Waals surface area contributed by atoms with Gasteiger partial charge in [-0.15, -0.1) is 0 Å². The maximum Gasteiger partial charge on any atom is 0.0332 e. The van der Waals surface area contributed by atoms with Crippen molar-refractivity contribution in [3.05, 3.63) is 58.1 Å². The van der Waals surface area contributed by atoms with Crippen LogP contribution in [0.3, 0.4) is 0 Å². The van der Waals surface area contributed by atoms with Gasteiger partial charge in [-0.25, -0.2) is 0 Å². The third-order valence-electron chi connectivity index (χ3n) is 4.89. The summed E-state index contributed by atoms with van der Waals surface area (Å²) in [7, 11) is 0. The van der Waals surface area contributed by atoms with Gasteiger partial charge in [0, 0.05) is 4.47 Å². The van der Waals surface area contributed by atoms with Crippen molar-refractivity contribution in [1.29, 1.82) is 0 Å². The summed E-state index contributed by atoms with van der Waals surface area (Å²) in [4.78, 5) is 0. The van der Waals surface area contributed by atoms with E-state index < -0.39 is 0 Å². The standard InChI is InChI=1S/C23H27Br/c1-5-6-7-8-16-9-10-17-14-18-11-12-19(23(2,3)4)15-21(18)22(24)20(17)13-16/h9-15H,5-8H2,1-4H3. The third-order valence-corrected chi connectivity index (χ3v) is 5.74. The van der Waals surface area contributed by atoms with E-state index in [9.17, 15) is 0 Å². The summed E-state index contributed by atoms with van der Waals surface area (Å²) in [5.74, 6) is 0. The molecule has 0 saturated heterocycles. The lowest BCUT2D eigenvalue weighted by atomic mass is 9.85. The van der Waals surface area contributed by atoms with Gasteiger partial charge in [0.1, 0.15) is 0 Å². The lowest BCUT2D eigenvalue weighted by Crippen LogP contribution is -2.10. The van der Waals surface area contributed by atoms with E-state index in [4.69, 9.17) is 0 Å². The SMILES string of the molecule is CCCCCc1ccc2cc3ccc(C(C)(C)C)cc3c(Br)c2c1. The number of hydrogen-bond donors (Lipinski definition) is 0. The Balaban J connectivity index is 2.12. The molecule has 0 heterocycles. The summed E-state index contributed by atoms with van der Waals surface area (Å²) in [6.07, 6.45) is 5.04. The van der Waals surface area contributed by atoms with Gasteiger partial charge >= 0.3 is 0 Å². The Morgan fingerprint density at radius 1 is 0.833 bits per heavy atom. The highest BCUT2D eigenvalue weighted by molar-refractivity contribution is 9.10. The Kier molecular flexibility index (Phi) is 5.01. The molecule has 3 rings (SSSR count). The van der Waals surface area contributed by atoms with Crippen LogP contribution in [0.25, 0.3) is 21.5 Å². The molecular weight excluding hydrogens is 356 g/mol. The molecule has 0 nitrogen and oxygen atoms in total. The highest BCUT2D eigenvalue weighted by atomic mass is 79.9. The average Bonchev–Trinajstić information content (AvgIpc) is 2.54.